The zero-order valence-electron chi connectivity index (χ0n) is 15.6. The molecule has 2 aliphatic rings. The summed E-state index contributed by atoms with van der Waals surface area (Å²) in [4.78, 5) is 15.0. The van der Waals surface area contributed by atoms with Gasteiger partial charge in [0.15, 0.2) is 0 Å². The van der Waals surface area contributed by atoms with Crippen LogP contribution in [-0.4, -0.2) is 55.2 Å². The first-order valence-electron chi connectivity index (χ1n) is 9.72. The summed E-state index contributed by atoms with van der Waals surface area (Å²) in [6, 6.07) is 5.66. The lowest BCUT2D eigenvalue weighted by molar-refractivity contribution is -0.118. The topological polar surface area (TPSA) is 53.6 Å². The predicted molar refractivity (Wildman–Crippen MR) is 101 cm³/mol. The summed E-state index contributed by atoms with van der Waals surface area (Å²) in [5, 5.41) is 6.22. The Balaban J connectivity index is 1.58. The second-order valence-electron chi connectivity index (χ2n) is 7.49. The van der Waals surface area contributed by atoms with Gasteiger partial charge in [-0.15, -0.1) is 0 Å². The van der Waals surface area contributed by atoms with Gasteiger partial charge >= 0.3 is 0 Å². The van der Waals surface area contributed by atoms with Gasteiger partial charge in [0.1, 0.15) is 5.82 Å². The monoisotopic (exact) mass is 363 g/mol. The molecule has 6 heteroatoms. The zero-order valence-corrected chi connectivity index (χ0v) is 15.6. The molecule has 0 spiro atoms. The minimum absolute atomic E-state index is 0.120. The van der Waals surface area contributed by atoms with E-state index in [-0.39, 0.29) is 23.3 Å². The molecule has 0 unspecified atom stereocenters. The van der Waals surface area contributed by atoms with Gasteiger partial charge in [0.25, 0.3) is 0 Å². The van der Waals surface area contributed by atoms with Crippen molar-refractivity contribution < 1.29 is 13.9 Å². The van der Waals surface area contributed by atoms with E-state index in [1.54, 1.807) is 12.1 Å². The molecule has 1 aliphatic carbocycles. The number of carbonyl (C=O) groups excluding carboxylic acids is 1. The van der Waals surface area contributed by atoms with Crippen LogP contribution in [-0.2, 0) is 9.53 Å². The molecule has 0 aromatic heterocycles. The average Bonchev–Trinajstić information content (AvgIpc) is 2.67. The molecule has 1 aromatic carbocycles. The van der Waals surface area contributed by atoms with Crippen molar-refractivity contribution in [2.45, 2.75) is 50.6 Å². The Morgan fingerprint density at radius 2 is 2.00 bits per heavy atom. The first-order valence-corrected chi connectivity index (χ1v) is 9.72. The van der Waals surface area contributed by atoms with Gasteiger partial charge in [-0.2, -0.15) is 0 Å². The summed E-state index contributed by atoms with van der Waals surface area (Å²) in [5.74, 6) is -0.486. The van der Waals surface area contributed by atoms with Crippen LogP contribution in [0.25, 0.3) is 0 Å². The number of halogens is 1. The van der Waals surface area contributed by atoms with Crippen molar-refractivity contribution in [3.05, 3.63) is 30.1 Å². The van der Waals surface area contributed by atoms with Gasteiger partial charge < -0.3 is 15.4 Å². The largest absolute Gasteiger partial charge is 0.379 e. The summed E-state index contributed by atoms with van der Waals surface area (Å²) in [6.07, 6.45) is 6.10. The summed E-state index contributed by atoms with van der Waals surface area (Å²) in [6.45, 7) is 6.17. The molecular formula is C20H30FN3O2. The molecule has 1 aliphatic heterocycles. The third kappa shape index (κ3) is 4.81. The number of hydrogen-bond donors (Lipinski definition) is 2. The third-order valence-corrected chi connectivity index (χ3v) is 5.69. The van der Waals surface area contributed by atoms with E-state index in [9.17, 15) is 9.18 Å². The highest BCUT2D eigenvalue weighted by Crippen LogP contribution is 2.34. The molecule has 26 heavy (non-hydrogen) atoms. The lowest BCUT2D eigenvalue weighted by atomic mass is 9.79. The highest BCUT2D eigenvalue weighted by atomic mass is 19.1. The van der Waals surface area contributed by atoms with Crippen molar-refractivity contribution in [3.8, 4) is 0 Å². The summed E-state index contributed by atoms with van der Waals surface area (Å²) >= 11 is 0. The SMILES string of the molecule is C[C@H](NCC1(N2CCOCC2)CCCCC1)C(=O)Nc1cccc(F)c1. The van der Waals surface area contributed by atoms with Crippen LogP contribution < -0.4 is 10.6 Å². The molecule has 1 atom stereocenters. The summed E-state index contributed by atoms with van der Waals surface area (Å²) < 4.78 is 18.8. The van der Waals surface area contributed by atoms with Crippen LogP contribution in [0.1, 0.15) is 39.0 Å². The molecule has 2 N–H and O–H groups in total. The van der Waals surface area contributed by atoms with E-state index in [1.165, 1.54) is 31.4 Å². The Morgan fingerprint density at radius 3 is 2.69 bits per heavy atom. The van der Waals surface area contributed by atoms with Crippen LogP contribution in [0.5, 0.6) is 0 Å². The lowest BCUT2D eigenvalue weighted by Gasteiger charge is -2.48. The van der Waals surface area contributed by atoms with E-state index in [0.29, 0.717) is 5.69 Å². The molecular weight excluding hydrogens is 333 g/mol. The summed E-state index contributed by atoms with van der Waals surface area (Å²) in [7, 11) is 0. The second-order valence-corrected chi connectivity index (χ2v) is 7.49. The molecule has 5 nitrogen and oxygen atoms in total. The molecule has 1 saturated heterocycles. The smallest absolute Gasteiger partial charge is 0.241 e. The minimum atomic E-state index is -0.350. The van der Waals surface area contributed by atoms with Crippen molar-refractivity contribution in [1.29, 1.82) is 0 Å². The van der Waals surface area contributed by atoms with Crippen LogP contribution in [0.2, 0.25) is 0 Å². The quantitative estimate of drug-likeness (QED) is 0.816. The van der Waals surface area contributed by atoms with E-state index >= 15 is 0 Å². The first-order chi connectivity index (χ1) is 12.6. The standard InChI is InChI=1S/C20H30FN3O2/c1-16(19(25)23-18-7-5-6-17(21)14-18)22-15-20(8-3-2-4-9-20)24-10-12-26-13-11-24/h5-7,14,16,22H,2-4,8-13,15H2,1H3,(H,23,25)/t16-/m0/s1. The zero-order chi connectivity index (χ0) is 18.4. The summed E-state index contributed by atoms with van der Waals surface area (Å²) in [5.41, 5.74) is 0.610. The van der Waals surface area contributed by atoms with Crippen molar-refractivity contribution >= 4 is 11.6 Å². The molecule has 1 heterocycles. The lowest BCUT2D eigenvalue weighted by Crippen LogP contribution is -2.60. The molecule has 144 valence electrons. The first kappa shape index (κ1) is 19.3. The molecule has 3 rings (SSSR count). The van der Waals surface area contributed by atoms with Gasteiger partial charge in [0, 0.05) is 30.9 Å². The molecule has 0 bridgehead atoms. The maximum Gasteiger partial charge on any atom is 0.241 e. The number of anilines is 1. The average molecular weight is 363 g/mol. The molecule has 1 saturated carbocycles. The maximum atomic E-state index is 13.3. The second kappa shape index (κ2) is 8.93. The number of benzene rings is 1. The van der Waals surface area contributed by atoms with Crippen molar-refractivity contribution in [1.82, 2.24) is 10.2 Å². The van der Waals surface area contributed by atoms with Crippen LogP contribution in [0.3, 0.4) is 0 Å². The van der Waals surface area contributed by atoms with Gasteiger partial charge in [0.2, 0.25) is 5.91 Å². The normalized spacial score (nSPS) is 21.9. The van der Waals surface area contributed by atoms with Crippen LogP contribution in [0.4, 0.5) is 10.1 Å². The fraction of sp³-hybridized carbons (Fsp3) is 0.650. The Morgan fingerprint density at radius 1 is 1.27 bits per heavy atom. The molecule has 2 fully saturated rings. The number of carbonyl (C=O) groups is 1. The van der Waals surface area contributed by atoms with Crippen LogP contribution in [0, 0.1) is 5.82 Å². The number of nitrogens with one attached hydrogen (secondary N) is 2. The fourth-order valence-electron chi connectivity index (χ4n) is 4.10. The van der Waals surface area contributed by atoms with Gasteiger partial charge in [-0.3, -0.25) is 9.69 Å². The minimum Gasteiger partial charge on any atom is -0.379 e. The van der Waals surface area contributed by atoms with Gasteiger partial charge in [-0.1, -0.05) is 25.3 Å². The van der Waals surface area contributed by atoms with Crippen molar-refractivity contribution in [2.75, 3.05) is 38.2 Å². The number of amides is 1. The molecule has 1 amide bonds. The van der Waals surface area contributed by atoms with Crippen molar-refractivity contribution in [3.63, 3.8) is 0 Å². The molecule has 0 radical (unpaired) electrons. The van der Waals surface area contributed by atoms with E-state index in [4.69, 9.17) is 4.74 Å². The van der Waals surface area contributed by atoms with Gasteiger partial charge in [-0.05, 0) is 38.0 Å². The Kier molecular flexibility index (Phi) is 6.62. The Hall–Kier alpha value is -1.50. The number of morpholine rings is 1. The van der Waals surface area contributed by atoms with Gasteiger partial charge in [0.05, 0.1) is 19.3 Å². The van der Waals surface area contributed by atoms with Crippen molar-refractivity contribution in [2.24, 2.45) is 0 Å². The highest BCUT2D eigenvalue weighted by molar-refractivity contribution is 5.94. The van der Waals surface area contributed by atoms with Crippen LogP contribution >= 0.6 is 0 Å². The molecule has 1 aromatic rings. The van der Waals surface area contributed by atoms with Crippen LogP contribution in [0.15, 0.2) is 24.3 Å². The predicted octanol–water partition coefficient (Wildman–Crippen LogP) is 2.78. The number of rotatable bonds is 6. The number of nitrogens with zero attached hydrogens (tertiary/aromatic N) is 1. The van der Waals surface area contributed by atoms with E-state index in [1.807, 2.05) is 6.92 Å². The third-order valence-electron chi connectivity index (χ3n) is 5.69. The van der Waals surface area contributed by atoms with Gasteiger partial charge in [-0.25, -0.2) is 4.39 Å². The maximum absolute atomic E-state index is 13.3. The Labute approximate surface area is 155 Å². The number of hydrogen-bond acceptors (Lipinski definition) is 4. The number of ether oxygens (including phenoxy) is 1. The highest BCUT2D eigenvalue weighted by Gasteiger charge is 2.38. The fourth-order valence-corrected chi connectivity index (χ4v) is 4.10. The van der Waals surface area contributed by atoms with E-state index in [0.717, 1.165) is 45.7 Å². The van der Waals surface area contributed by atoms with E-state index < -0.39 is 0 Å². The van der Waals surface area contributed by atoms with E-state index in [2.05, 4.69) is 15.5 Å². The Bertz CT molecular complexity index is 598.